The lowest BCUT2D eigenvalue weighted by Gasteiger charge is -2.34. The largest absolute Gasteiger partial charge is 0.481 e. The Morgan fingerprint density at radius 2 is 2.05 bits per heavy atom. The lowest BCUT2D eigenvalue weighted by Crippen LogP contribution is -2.51. The first kappa shape index (κ1) is 16.1. The molecule has 0 spiro atoms. The van der Waals surface area contributed by atoms with Gasteiger partial charge in [-0.25, -0.2) is 4.79 Å². The van der Waals surface area contributed by atoms with Gasteiger partial charge in [0.15, 0.2) is 0 Å². The maximum Gasteiger partial charge on any atom is 0.317 e. The van der Waals surface area contributed by atoms with E-state index in [9.17, 15) is 14.7 Å². The Morgan fingerprint density at radius 3 is 2.62 bits per heavy atom. The average molecular weight is 298 g/mol. The topological polar surface area (TPSA) is 78.9 Å². The predicted octanol–water partition coefficient (Wildman–Crippen LogP) is 1.70. The number of aliphatic carboxylic acids is 1. The number of urea groups is 1. The zero-order valence-electron chi connectivity index (χ0n) is 12.9. The molecular weight excluding hydrogens is 272 g/mol. The van der Waals surface area contributed by atoms with Gasteiger partial charge < -0.3 is 20.1 Å². The van der Waals surface area contributed by atoms with Gasteiger partial charge in [-0.2, -0.15) is 0 Å². The number of nitrogens with one attached hydrogen (secondary N) is 1. The lowest BCUT2D eigenvalue weighted by molar-refractivity contribution is -0.154. The molecule has 2 heterocycles. The van der Waals surface area contributed by atoms with Gasteiger partial charge in [0.25, 0.3) is 0 Å². The Morgan fingerprint density at radius 1 is 1.38 bits per heavy atom. The van der Waals surface area contributed by atoms with Crippen molar-refractivity contribution >= 4 is 12.0 Å². The molecule has 0 aromatic heterocycles. The zero-order valence-corrected chi connectivity index (χ0v) is 12.9. The van der Waals surface area contributed by atoms with E-state index in [4.69, 9.17) is 4.74 Å². The number of nitrogens with zero attached hydrogens (tertiary/aromatic N) is 1. The van der Waals surface area contributed by atoms with E-state index in [0.717, 1.165) is 19.4 Å². The first-order valence-corrected chi connectivity index (χ1v) is 7.82. The van der Waals surface area contributed by atoms with E-state index in [-0.39, 0.29) is 18.6 Å². The van der Waals surface area contributed by atoms with Crippen LogP contribution in [0.25, 0.3) is 0 Å². The number of carboxylic acids is 1. The number of ether oxygens (including phenoxy) is 1. The minimum atomic E-state index is -0.874. The fourth-order valence-corrected chi connectivity index (χ4v) is 3.31. The van der Waals surface area contributed by atoms with Gasteiger partial charge in [0.05, 0.1) is 5.41 Å². The average Bonchev–Trinajstić information content (AvgIpc) is 2.95. The molecule has 1 atom stereocenters. The normalized spacial score (nSPS) is 25.1. The van der Waals surface area contributed by atoms with Crippen molar-refractivity contribution in [2.75, 3.05) is 26.3 Å². The third-order valence-corrected chi connectivity index (χ3v) is 4.81. The summed E-state index contributed by atoms with van der Waals surface area (Å²) in [7, 11) is 0. The third-order valence-electron chi connectivity index (χ3n) is 4.81. The Labute approximate surface area is 125 Å². The van der Waals surface area contributed by atoms with E-state index in [0.29, 0.717) is 32.0 Å². The molecule has 2 N–H and O–H groups in total. The molecule has 2 fully saturated rings. The lowest BCUT2D eigenvalue weighted by atomic mass is 9.80. The molecule has 0 aromatic rings. The van der Waals surface area contributed by atoms with Crippen LogP contribution in [0.5, 0.6) is 0 Å². The number of carbonyl (C=O) groups is 2. The first-order chi connectivity index (χ1) is 9.96. The molecule has 0 aromatic carbocycles. The van der Waals surface area contributed by atoms with E-state index in [1.54, 1.807) is 0 Å². The standard InChI is InChI=1S/C15H26N2O4/c1-11(2)12-4-3-7-17(12)14(20)16-10-15(13(18)19)5-8-21-9-6-15/h11-12H,3-10H2,1-2H3,(H,16,20)(H,18,19). The maximum absolute atomic E-state index is 12.4. The van der Waals surface area contributed by atoms with Crippen LogP contribution in [0.1, 0.15) is 39.5 Å². The van der Waals surface area contributed by atoms with Crippen LogP contribution in [0.3, 0.4) is 0 Å². The molecule has 1 unspecified atom stereocenters. The van der Waals surface area contributed by atoms with Crippen molar-refractivity contribution in [2.24, 2.45) is 11.3 Å². The Hall–Kier alpha value is -1.30. The summed E-state index contributed by atoms with van der Waals surface area (Å²) in [6, 6.07) is 0.138. The molecule has 2 amide bonds. The number of rotatable bonds is 4. The predicted molar refractivity (Wildman–Crippen MR) is 78.1 cm³/mol. The quantitative estimate of drug-likeness (QED) is 0.828. The van der Waals surface area contributed by atoms with Gasteiger partial charge in [-0.05, 0) is 31.6 Å². The number of carbonyl (C=O) groups excluding carboxylic acids is 1. The molecule has 2 saturated heterocycles. The van der Waals surface area contributed by atoms with Crippen LogP contribution in [0.4, 0.5) is 4.79 Å². The summed E-state index contributed by atoms with van der Waals surface area (Å²) in [5.74, 6) is -0.414. The van der Waals surface area contributed by atoms with E-state index >= 15 is 0 Å². The summed E-state index contributed by atoms with van der Waals surface area (Å²) < 4.78 is 5.24. The second-order valence-electron chi connectivity index (χ2n) is 6.50. The van der Waals surface area contributed by atoms with E-state index in [1.165, 1.54) is 0 Å². The van der Waals surface area contributed by atoms with Crippen LogP contribution < -0.4 is 5.32 Å². The molecule has 2 rings (SSSR count). The summed E-state index contributed by atoms with van der Waals surface area (Å²) >= 11 is 0. The third kappa shape index (κ3) is 3.48. The Kier molecular flexibility index (Phi) is 5.08. The van der Waals surface area contributed by atoms with Gasteiger partial charge in [0, 0.05) is 32.3 Å². The van der Waals surface area contributed by atoms with Crippen molar-refractivity contribution in [1.29, 1.82) is 0 Å². The van der Waals surface area contributed by atoms with E-state index < -0.39 is 11.4 Å². The summed E-state index contributed by atoms with van der Waals surface area (Å²) in [6.07, 6.45) is 2.96. The molecule has 2 aliphatic heterocycles. The highest BCUT2D eigenvalue weighted by atomic mass is 16.5. The second-order valence-corrected chi connectivity index (χ2v) is 6.50. The van der Waals surface area contributed by atoms with Gasteiger partial charge in [-0.1, -0.05) is 13.8 Å². The van der Waals surface area contributed by atoms with Crippen LogP contribution in [-0.4, -0.2) is 54.4 Å². The van der Waals surface area contributed by atoms with Crippen LogP contribution >= 0.6 is 0 Å². The molecule has 6 nitrogen and oxygen atoms in total. The van der Waals surface area contributed by atoms with E-state index in [2.05, 4.69) is 19.2 Å². The Balaban J connectivity index is 1.94. The van der Waals surface area contributed by atoms with Gasteiger partial charge in [0.1, 0.15) is 0 Å². The molecule has 21 heavy (non-hydrogen) atoms. The fourth-order valence-electron chi connectivity index (χ4n) is 3.31. The minimum absolute atomic E-state index is 0.127. The molecule has 0 radical (unpaired) electrons. The fraction of sp³-hybridized carbons (Fsp3) is 0.867. The molecule has 0 saturated carbocycles. The monoisotopic (exact) mass is 298 g/mol. The van der Waals surface area contributed by atoms with Gasteiger partial charge in [-0.3, -0.25) is 4.79 Å². The first-order valence-electron chi connectivity index (χ1n) is 7.82. The zero-order chi connectivity index (χ0) is 15.5. The van der Waals surface area contributed by atoms with Crippen molar-refractivity contribution in [3.8, 4) is 0 Å². The van der Waals surface area contributed by atoms with Gasteiger partial charge >= 0.3 is 12.0 Å². The number of hydrogen-bond donors (Lipinski definition) is 2. The van der Waals surface area contributed by atoms with Crippen molar-refractivity contribution in [2.45, 2.75) is 45.6 Å². The highest BCUT2D eigenvalue weighted by Crippen LogP contribution is 2.30. The maximum atomic E-state index is 12.4. The SMILES string of the molecule is CC(C)C1CCCN1C(=O)NCC1(C(=O)O)CCOCC1. The van der Waals surface area contributed by atoms with Crippen molar-refractivity contribution in [3.05, 3.63) is 0 Å². The van der Waals surface area contributed by atoms with Gasteiger partial charge in [0.2, 0.25) is 0 Å². The van der Waals surface area contributed by atoms with Crippen LogP contribution in [0, 0.1) is 11.3 Å². The summed E-state index contributed by atoms with van der Waals surface area (Å²) in [6.45, 7) is 6.08. The molecule has 0 bridgehead atoms. The highest BCUT2D eigenvalue weighted by Gasteiger charge is 2.41. The summed E-state index contributed by atoms with van der Waals surface area (Å²) in [5, 5.41) is 12.3. The molecule has 6 heteroatoms. The van der Waals surface area contributed by atoms with Crippen molar-refractivity contribution in [3.63, 3.8) is 0 Å². The minimum Gasteiger partial charge on any atom is -0.481 e. The van der Waals surface area contributed by atoms with Crippen molar-refractivity contribution in [1.82, 2.24) is 10.2 Å². The number of amides is 2. The smallest absolute Gasteiger partial charge is 0.317 e. The van der Waals surface area contributed by atoms with Gasteiger partial charge in [-0.15, -0.1) is 0 Å². The molecule has 120 valence electrons. The highest BCUT2D eigenvalue weighted by molar-refractivity contribution is 5.78. The van der Waals surface area contributed by atoms with Crippen molar-refractivity contribution < 1.29 is 19.4 Å². The number of hydrogen-bond acceptors (Lipinski definition) is 3. The second kappa shape index (κ2) is 6.64. The summed E-state index contributed by atoms with van der Waals surface area (Å²) in [4.78, 5) is 25.8. The van der Waals surface area contributed by atoms with Crippen LogP contribution in [-0.2, 0) is 9.53 Å². The number of likely N-dealkylation sites (tertiary alicyclic amines) is 1. The number of carboxylic acid groups (broad SMARTS) is 1. The van der Waals surface area contributed by atoms with Crippen LogP contribution in [0.2, 0.25) is 0 Å². The molecule has 2 aliphatic rings. The van der Waals surface area contributed by atoms with Crippen LogP contribution in [0.15, 0.2) is 0 Å². The summed E-state index contributed by atoms with van der Waals surface area (Å²) in [5.41, 5.74) is -0.874. The van der Waals surface area contributed by atoms with E-state index in [1.807, 2.05) is 4.90 Å². The molecule has 0 aliphatic carbocycles. The molecular formula is C15H26N2O4. The Bertz CT molecular complexity index is 391.